The first-order valence-corrected chi connectivity index (χ1v) is 8.39. The van der Waals surface area contributed by atoms with Crippen LogP contribution in [0.1, 0.15) is 41.0 Å². The maximum absolute atomic E-state index is 12.7. The van der Waals surface area contributed by atoms with Crippen LogP contribution in [0.2, 0.25) is 0 Å². The molecule has 0 aromatic rings. The van der Waals surface area contributed by atoms with Gasteiger partial charge in [0.15, 0.2) is 0 Å². The Morgan fingerprint density at radius 1 is 0.800 bits per heavy atom. The van der Waals surface area contributed by atoms with E-state index in [0.29, 0.717) is 13.0 Å². The van der Waals surface area contributed by atoms with Crippen LogP contribution in [0.4, 0.5) is 9.59 Å². The molecule has 140 valence electrons. The molecule has 0 aliphatic carbocycles. The Kier molecular flexibility index (Phi) is 4.82. The second-order valence-electron chi connectivity index (χ2n) is 7.32. The lowest BCUT2D eigenvalue weighted by Crippen LogP contribution is -2.55. The smallest absolute Gasteiger partial charge is 0.329 e. The fourth-order valence-electron chi connectivity index (χ4n) is 3.17. The van der Waals surface area contributed by atoms with Gasteiger partial charge in [-0.1, -0.05) is 6.92 Å². The van der Waals surface area contributed by atoms with Gasteiger partial charge in [0.05, 0.1) is 13.2 Å². The van der Waals surface area contributed by atoms with E-state index in [1.165, 1.54) is 14.7 Å². The molecule has 0 bridgehead atoms. The molecule has 0 saturated carbocycles. The summed E-state index contributed by atoms with van der Waals surface area (Å²) < 4.78 is 0. The summed E-state index contributed by atoms with van der Waals surface area (Å²) >= 11 is 0. The van der Waals surface area contributed by atoms with Gasteiger partial charge in [0.1, 0.15) is 17.7 Å². The number of aliphatic hydroxyl groups excluding tert-OH is 1. The molecule has 6 amide bonds. The van der Waals surface area contributed by atoms with Crippen molar-refractivity contribution >= 4 is 23.9 Å². The Balaban J connectivity index is 2.31. The highest BCUT2D eigenvalue weighted by Gasteiger charge is 2.56. The maximum Gasteiger partial charge on any atom is 0.329 e. The molecule has 2 aliphatic rings. The molecule has 2 rings (SSSR count). The van der Waals surface area contributed by atoms with Crippen molar-refractivity contribution in [2.75, 3.05) is 26.4 Å². The standard InChI is InChI=1S/C16H26N4O5/c1-6-7-17-11(22)15(2,3)19(13(17)24)10-20-14(25)18(8-9-21)12(23)16(20,4)5/h21H,6-10H2,1-5H3. The van der Waals surface area contributed by atoms with Crippen molar-refractivity contribution in [3.05, 3.63) is 0 Å². The largest absolute Gasteiger partial charge is 0.395 e. The number of nitrogens with zero attached hydrogens (tertiary/aromatic N) is 4. The second kappa shape index (κ2) is 6.29. The van der Waals surface area contributed by atoms with Crippen LogP contribution in [-0.4, -0.2) is 86.0 Å². The molecular formula is C16H26N4O5. The minimum absolute atomic E-state index is 0.101. The molecule has 0 atom stereocenters. The van der Waals surface area contributed by atoms with E-state index in [-0.39, 0.29) is 25.7 Å². The Labute approximate surface area is 147 Å². The van der Waals surface area contributed by atoms with Crippen molar-refractivity contribution in [3.8, 4) is 0 Å². The molecule has 0 aromatic carbocycles. The third-order valence-corrected chi connectivity index (χ3v) is 4.86. The Morgan fingerprint density at radius 3 is 1.56 bits per heavy atom. The van der Waals surface area contributed by atoms with Gasteiger partial charge in [-0.15, -0.1) is 0 Å². The molecule has 2 fully saturated rings. The van der Waals surface area contributed by atoms with Crippen LogP contribution in [-0.2, 0) is 9.59 Å². The SMILES string of the molecule is CCCN1C(=O)N(CN2C(=O)N(CCO)C(=O)C2(C)C)C(C)(C)C1=O. The van der Waals surface area contributed by atoms with Gasteiger partial charge in [0, 0.05) is 6.54 Å². The number of aliphatic hydroxyl groups is 1. The highest BCUT2D eigenvalue weighted by molar-refractivity contribution is 6.08. The minimum atomic E-state index is -1.16. The van der Waals surface area contributed by atoms with Crippen LogP contribution in [0.3, 0.4) is 0 Å². The fraction of sp³-hybridized carbons (Fsp3) is 0.750. The molecule has 2 saturated heterocycles. The fourth-order valence-corrected chi connectivity index (χ4v) is 3.17. The van der Waals surface area contributed by atoms with Gasteiger partial charge in [0.2, 0.25) is 0 Å². The molecule has 0 radical (unpaired) electrons. The van der Waals surface area contributed by atoms with Crippen LogP contribution in [0.25, 0.3) is 0 Å². The summed E-state index contributed by atoms with van der Waals surface area (Å²) in [6.07, 6.45) is 0.637. The zero-order valence-corrected chi connectivity index (χ0v) is 15.4. The zero-order valence-electron chi connectivity index (χ0n) is 15.4. The predicted molar refractivity (Wildman–Crippen MR) is 88.3 cm³/mol. The molecule has 2 aliphatic heterocycles. The number of hydrogen-bond donors (Lipinski definition) is 1. The summed E-state index contributed by atoms with van der Waals surface area (Å²) in [6, 6.07) is -1.04. The van der Waals surface area contributed by atoms with Crippen LogP contribution in [0.15, 0.2) is 0 Å². The van der Waals surface area contributed by atoms with Gasteiger partial charge < -0.3 is 5.11 Å². The lowest BCUT2D eigenvalue weighted by Gasteiger charge is -2.36. The summed E-state index contributed by atoms with van der Waals surface area (Å²) in [5.74, 6) is -0.755. The Hall–Kier alpha value is -2.16. The third kappa shape index (κ3) is 2.76. The van der Waals surface area contributed by atoms with Crippen LogP contribution in [0, 0.1) is 0 Å². The van der Waals surface area contributed by atoms with Gasteiger partial charge in [-0.2, -0.15) is 0 Å². The monoisotopic (exact) mass is 354 g/mol. The normalized spacial score (nSPS) is 22.6. The first kappa shape index (κ1) is 19.2. The molecule has 2 heterocycles. The number of imide groups is 2. The van der Waals surface area contributed by atoms with E-state index in [2.05, 4.69) is 0 Å². The van der Waals surface area contributed by atoms with Crippen LogP contribution < -0.4 is 0 Å². The Bertz CT molecular complexity index is 564. The lowest BCUT2D eigenvalue weighted by molar-refractivity contribution is -0.133. The van der Waals surface area contributed by atoms with E-state index in [4.69, 9.17) is 5.11 Å². The van der Waals surface area contributed by atoms with Gasteiger partial charge in [0.25, 0.3) is 11.8 Å². The molecule has 9 heteroatoms. The van der Waals surface area contributed by atoms with Crippen molar-refractivity contribution in [1.82, 2.24) is 19.6 Å². The first-order valence-electron chi connectivity index (χ1n) is 8.39. The molecule has 1 N–H and O–H groups in total. The predicted octanol–water partition coefficient (Wildman–Crippen LogP) is 0.432. The zero-order chi connectivity index (χ0) is 19.2. The van der Waals surface area contributed by atoms with Crippen molar-refractivity contribution in [3.63, 3.8) is 0 Å². The number of β-amino-alcohol motifs (C(OH)–C–C–N with tert-alkyl or cyclic N) is 1. The number of rotatable bonds is 6. The van der Waals surface area contributed by atoms with E-state index in [9.17, 15) is 19.2 Å². The van der Waals surface area contributed by atoms with E-state index >= 15 is 0 Å². The quantitative estimate of drug-likeness (QED) is 0.697. The average molecular weight is 354 g/mol. The second-order valence-corrected chi connectivity index (χ2v) is 7.32. The first-order chi connectivity index (χ1) is 11.5. The summed E-state index contributed by atoms with van der Waals surface area (Å²) in [6.45, 7) is 8.01. The van der Waals surface area contributed by atoms with E-state index in [1.54, 1.807) is 27.7 Å². The van der Waals surface area contributed by atoms with Gasteiger partial charge >= 0.3 is 12.1 Å². The summed E-state index contributed by atoms with van der Waals surface area (Å²) in [5.41, 5.74) is -2.26. The van der Waals surface area contributed by atoms with E-state index < -0.39 is 29.0 Å². The van der Waals surface area contributed by atoms with Crippen LogP contribution in [0.5, 0.6) is 0 Å². The Morgan fingerprint density at radius 2 is 1.20 bits per heavy atom. The average Bonchev–Trinajstić information content (AvgIpc) is 2.79. The molecule has 0 aromatic heterocycles. The van der Waals surface area contributed by atoms with Gasteiger partial charge in [-0.05, 0) is 34.1 Å². The number of carbonyl (C=O) groups is 4. The molecule has 0 spiro atoms. The van der Waals surface area contributed by atoms with Crippen molar-refractivity contribution in [2.24, 2.45) is 0 Å². The van der Waals surface area contributed by atoms with E-state index in [0.717, 1.165) is 4.90 Å². The maximum atomic E-state index is 12.7. The highest BCUT2D eigenvalue weighted by Crippen LogP contribution is 2.33. The minimum Gasteiger partial charge on any atom is -0.395 e. The summed E-state index contributed by atoms with van der Waals surface area (Å²) in [4.78, 5) is 55.0. The summed E-state index contributed by atoms with van der Waals surface area (Å²) in [5, 5.41) is 9.08. The van der Waals surface area contributed by atoms with Gasteiger partial charge in [-0.3, -0.25) is 29.2 Å². The topological polar surface area (TPSA) is 101 Å². The van der Waals surface area contributed by atoms with Crippen molar-refractivity contribution < 1.29 is 24.3 Å². The van der Waals surface area contributed by atoms with Crippen molar-refractivity contribution in [2.45, 2.75) is 52.1 Å². The van der Waals surface area contributed by atoms with Crippen molar-refractivity contribution in [1.29, 1.82) is 0 Å². The number of hydrogen-bond acceptors (Lipinski definition) is 5. The lowest BCUT2D eigenvalue weighted by atomic mass is 10.0. The number of amides is 6. The molecule has 25 heavy (non-hydrogen) atoms. The van der Waals surface area contributed by atoms with Crippen LogP contribution >= 0.6 is 0 Å². The number of carbonyl (C=O) groups excluding carboxylic acids is 4. The number of urea groups is 2. The molecule has 0 unspecified atom stereocenters. The van der Waals surface area contributed by atoms with E-state index in [1.807, 2.05) is 6.92 Å². The highest BCUT2D eigenvalue weighted by atomic mass is 16.3. The third-order valence-electron chi connectivity index (χ3n) is 4.86. The summed E-state index contributed by atoms with van der Waals surface area (Å²) in [7, 11) is 0. The van der Waals surface area contributed by atoms with Gasteiger partial charge in [-0.25, -0.2) is 9.59 Å². The molecular weight excluding hydrogens is 328 g/mol. The molecule has 9 nitrogen and oxygen atoms in total.